The summed E-state index contributed by atoms with van der Waals surface area (Å²) in [4.78, 5) is 0. The van der Waals surface area contributed by atoms with Gasteiger partial charge in [-0.1, -0.05) is 48.5 Å². The smallest absolute Gasteiger partial charge is 0.306 e. The van der Waals surface area contributed by atoms with Gasteiger partial charge in [0.15, 0.2) is 6.10 Å². The van der Waals surface area contributed by atoms with E-state index < -0.39 is 16.2 Å². The molecule has 0 N–H and O–H groups in total. The van der Waals surface area contributed by atoms with Crippen molar-refractivity contribution < 1.29 is 17.3 Å². The molecule has 2 rings (SSSR count). The zero-order valence-electron chi connectivity index (χ0n) is 12.0. The minimum Gasteiger partial charge on any atom is -0.382 e. The van der Waals surface area contributed by atoms with E-state index in [0.717, 1.165) is 11.8 Å². The monoisotopic (exact) mass is 317 g/mol. The number of benzene rings is 2. The normalized spacial score (nSPS) is 12.4. The number of para-hydroxylation sites is 1. The molecule has 2 aromatic rings. The lowest BCUT2D eigenvalue weighted by atomic mass is 10.1. The third-order valence-corrected chi connectivity index (χ3v) is 3.30. The number of nitriles is 1. The van der Waals surface area contributed by atoms with Crippen molar-refractivity contribution >= 4 is 10.1 Å². The maximum atomic E-state index is 11.3. The first-order valence-electron chi connectivity index (χ1n) is 6.53. The van der Waals surface area contributed by atoms with Crippen LogP contribution >= 0.6 is 0 Å². The van der Waals surface area contributed by atoms with Crippen LogP contribution in [0, 0.1) is 11.3 Å². The predicted molar refractivity (Wildman–Crippen MR) is 81.5 cm³/mol. The quantitative estimate of drug-likeness (QED) is 0.766. The Bertz CT molecular complexity index is 766. The van der Waals surface area contributed by atoms with Gasteiger partial charge in [0.2, 0.25) is 0 Å². The Morgan fingerprint density at radius 3 is 2.36 bits per heavy atom. The molecule has 0 fully saturated rings. The Morgan fingerprint density at radius 1 is 1.09 bits per heavy atom. The molecule has 0 aliphatic rings. The van der Waals surface area contributed by atoms with Gasteiger partial charge in [-0.25, -0.2) is 0 Å². The van der Waals surface area contributed by atoms with Crippen molar-refractivity contribution in [2.75, 3.05) is 6.26 Å². The fraction of sp³-hybridized carbons (Fsp3) is 0.188. The van der Waals surface area contributed by atoms with E-state index in [9.17, 15) is 13.7 Å². The van der Waals surface area contributed by atoms with E-state index >= 15 is 0 Å². The van der Waals surface area contributed by atoms with Crippen LogP contribution in [0.15, 0.2) is 54.6 Å². The van der Waals surface area contributed by atoms with Gasteiger partial charge in [-0.05, 0) is 11.6 Å². The van der Waals surface area contributed by atoms with Gasteiger partial charge < -0.3 is 8.92 Å². The molecule has 2 aromatic carbocycles. The summed E-state index contributed by atoms with van der Waals surface area (Å²) in [6, 6.07) is 17.9. The molecule has 6 heteroatoms. The molecule has 0 aliphatic carbocycles. The summed E-state index contributed by atoms with van der Waals surface area (Å²) in [5.74, 6) is 0.101. The topological polar surface area (TPSA) is 76.4 Å². The van der Waals surface area contributed by atoms with E-state index in [1.165, 1.54) is 6.07 Å². The van der Waals surface area contributed by atoms with E-state index in [1.807, 2.05) is 36.4 Å². The number of nitrogens with zero attached hydrogens (tertiary/aromatic N) is 1. The van der Waals surface area contributed by atoms with E-state index in [4.69, 9.17) is 8.92 Å². The molecule has 1 atom stereocenters. The van der Waals surface area contributed by atoms with Crippen LogP contribution in [-0.4, -0.2) is 14.7 Å². The van der Waals surface area contributed by atoms with Gasteiger partial charge in [-0.2, -0.15) is 13.7 Å². The highest BCUT2D eigenvalue weighted by molar-refractivity contribution is 7.86. The van der Waals surface area contributed by atoms with Gasteiger partial charge in [0.25, 0.3) is 0 Å². The number of hydrogen-bond donors (Lipinski definition) is 0. The first-order chi connectivity index (χ1) is 10.5. The van der Waals surface area contributed by atoms with Crippen LogP contribution in [-0.2, 0) is 21.5 Å². The lowest BCUT2D eigenvalue weighted by Crippen LogP contribution is -2.10. The third-order valence-electron chi connectivity index (χ3n) is 2.82. The van der Waals surface area contributed by atoms with Crippen molar-refractivity contribution in [3.05, 3.63) is 65.7 Å². The Labute approximate surface area is 129 Å². The number of ether oxygens (including phenoxy) is 1. The molecule has 114 valence electrons. The van der Waals surface area contributed by atoms with Crippen molar-refractivity contribution in [3.8, 4) is 11.8 Å². The molecule has 1 unspecified atom stereocenters. The zero-order valence-corrected chi connectivity index (χ0v) is 12.8. The highest BCUT2D eigenvalue weighted by Crippen LogP contribution is 2.28. The van der Waals surface area contributed by atoms with Crippen LogP contribution < -0.4 is 4.18 Å². The molecule has 0 heterocycles. The van der Waals surface area contributed by atoms with E-state index in [-0.39, 0.29) is 12.4 Å². The minimum atomic E-state index is -3.67. The van der Waals surface area contributed by atoms with Gasteiger partial charge >= 0.3 is 10.1 Å². The van der Waals surface area contributed by atoms with Crippen LogP contribution in [0.5, 0.6) is 5.75 Å². The highest BCUT2D eigenvalue weighted by atomic mass is 32.2. The Kier molecular flexibility index (Phi) is 5.15. The second-order valence-electron chi connectivity index (χ2n) is 4.63. The van der Waals surface area contributed by atoms with Crippen LogP contribution in [0.3, 0.4) is 0 Å². The third kappa shape index (κ3) is 4.58. The predicted octanol–water partition coefficient (Wildman–Crippen LogP) is 2.81. The summed E-state index contributed by atoms with van der Waals surface area (Å²) in [6.07, 6.45) is 0.0360. The molecular formula is C16H15NO4S. The fourth-order valence-electron chi connectivity index (χ4n) is 1.89. The molecule has 0 aromatic heterocycles. The molecule has 0 spiro atoms. The first-order valence-corrected chi connectivity index (χ1v) is 8.35. The number of rotatable bonds is 6. The summed E-state index contributed by atoms with van der Waals surface area (Å²) in [7, 11) is -3.67. The second-order valence-corrected chi connectivity index (χ2v) is 6.21. The van der Waals surface area contributed by atoms with Crippen LogP contribution in [0.2, 0.25) is 0 Å². The molecule has 0 bridgehead atoms. The Balaban J connectivity index is 2.19. The summed E-state index contributed by atoms with van der Waals surface area (Å²) in [6.45, 7) is 0.242. The molecular weight excluding hydrogens is 302 g/mol. The maximum absolute atomic E-state index is 11.3. The average molecular weight is 317 g/mol. The Hall–Kier alpha value is -2.36. The molecule has 0 radical (unpaired) electrons. The van der Waals surface area contributed by atoms with Crippen molar-refractivity contribution in [1.82, 2.24) is 0 Å². The second kappa shape index (κ2) is 7.07. The fourth-order valence-corrected chi connectivity index (χ4v) is 2.36. The maximum Gasteiger partial charge on any atom is 0.306 e. The van der Waals surface area contributed by atoms with E-state index in [0.29, 0.717) is 5.56 Å². The van der Waals surface area contributed by atoms with Gasteiger partial charge in [-0.15, -0.1) is 0 Å². The van der Waals surface area contributed by atoms with Crippen LogP contribution in [0.4, 0.5) is 0 Å². The van der Waals surface area contributed by atoms with Crippen molar-refractivity contribution in [3.63, 3.8) is 0 Å². The molecule has 0 saturated heterocycles. The van der Waals surface area contributed by atoms with Gasteiger partial charge in [0.1, 0.15) is 5.75 Å². The molecule has 5 nitrogen and oxygen atoms in total. The largest absolute Gasteiger partial charge is 0.382 e. The Morgan fingerprint density at radius 2 is 1.73 bits per heavy atom. The molecule has 0 aliphatic heterocycles. The van der Waals surface area contributed by atoms with Crippen LogP contribution in [0.1, 0.15) is 17.2 Å². The lowest BCUT2D eigenvalue weighted by molar-refractivity contribution is 0.0757. The SMILES string of the molecule is CS(=O)(=O)Oc1ccccc1C(C#N)OCc1ccccc1. The van der Waals surface area contributed by atoms with Gasteiger partial charge in [0, 0.05) is 5.56 Å². The summed E-state index contributed by atoms with van der Waals surface area (Å²) < 4.78 is 33.1. The highest BCUT2D eigenvalue weighted by Gasteiger charge is 2.18. The number of hydrogen-bond acceptors (Lipinski definition) is 5. The summed E-state index contributed by atoms with van der Waals surface area (Å²) in [5, 5.41) is 9.30. The lowest BCUT2D eigenvalue weighted by Gasteiger charge is -2.15. The molecule has 22 heavy (non-hydrogen) atoms. The summed E-state index contributed by atoms with van der Waals surface area (Å²) in [5.41, 5.74) is 1.30. The molecule has 0 amide bonds. The van der Waals surface area contributed by atoms with Crippen LogP contribution in [0.25, 0.3) is 0 Å². The minimum absolute atomic E-state index is 0.101. The van der Waals surface area contributed by atoms with E-state index in [2.05, 4.69) is 0 Å². The van der Waals surface area contributed by atoms with Crippen molar-refractivity contribution in [1.29, 1.82) is 5.26 Å². The first kappa shape index (κ1) is 16.0. The van der Waals surface area contributed by atoms with Crippen molar-refractivity contribution in [2.45, 2.75) is 12.7 Å². The van der Waals surface area contributed by atoms with Gasteiger partial charge in [0.05, 0.1) is 18.9 Å². The van der Waals surface area contributed by atoms with E-state index in [1.54, 1.807) is 18.2 Å². The van der Waals surface area contributed by atoms with Crippen molar-refractivity contribution in [2.24, 2.45) is 0 Å². The van der Waals surface area contributed by atoms with Gasteiger partial charge in [-0.3, -0.25) is 0 Å². The summed E-state index contributed by atoms with van der Waals surface area (Å²) >= 11 is 0. The zero-order chi connectivity index (χ0) is 16.0. The average Bonchev–Trinajstić information content (AvgIpc) is 2.49. The standard InChI is InChI=1S/C16H15NO4S/c1-22(18,19)21-15-10-6-5-9-14(15)16(11-17)20-12-13-7-3-2-4-8-13/h2-10,16H,12H2,1H3. The molecule has 0 saturated carbocycles.